The second-order valence-electron chi connectivity index (χ2n) is 6.16. The summed E-state index contributed by atoms with van der Waals surface area (Å²) >= 11 is 6.06. The number of nitrogens with one attached hydrogen (secondary N) is 1. The van der Waals surface area contributed by atoms with E-state index < -0.39 is 0 Å². The molecule has 2 aromatic carbocycles. The van der Waals surface area contributed by atoms with Crippen molar-refractivity contribution in [2.24, 2.45) is 0 Å². The van der Waals surface area contributed by atoms with Crippen molar-refractivity contribution in [3.05, 3.63) is 88.6 Å². The molecule has 0 aliphatic rings. The van der Waals surface area contributed by atoms with Gasteiger partial charge in [0.25, 0.3) is 5.91 Å². The van der Waals surface area contributed by atoms with Crippen LogP contribution in [-0.2, 0) is 6.54 Å². The summed E-state index contributed by atoms with van der Waals surface area (Å²) in [4.78, 5) is 18.7. The number of rotatable bonds is 5. The highest BCUT2D eigenvalue weighted by atomic mass is 35.5. The third kappa shape index (κ3) is 4.41. The fraction of sp³-hybridized carbons (Fsp3) is 0.143. The number of aryl methyl sites for hydroxylation is 1. The molecule has 0 bridgehead atoms. The van der Waals surface area contributed by atoms with Crippen LogP contribution in [0.5, 0.6) is 0 Å². The van der Waals surface area contributed by atoms with Crippen LogP contribution < -0.4 is 5.32 Å². The second kappa shape index (κ2) is 8.02. The van der Waals surface area contributed by atoms with Gasteiger partial charge in [0.2, 0.25) is 0 Å². The predicted molar refractivity (Wildman–Crippen MR) is 106 cm³/mol. The molecule has 0 saturated heterocycles. The molecule has 0 aliphatic heterocycles. The third-order valence-electron chi connectivity index (χ3n) is 4.08. The Morgan fingerprint density at radius 1 is 1.12 bits per heavy atom. The molecule has 0 saturated carbocycles. The lowest BCUT2D eigenvalue weighted by atomic mass is 10.1. The van der Waals surface area contributed by atoms with Gasteiger partial charge in [-0.2, -0.15) is 0 Å². The van der Waals surface area contributed by atoms with Crippen LogP contribution in [-0.4, -0.2) is 22.8 Å². The van der Waals surface area contributed by atoms with Gasteiger partial charge >= 0.3 is 0 Å². The van der Waals surface area contributed by atoms with Crippen LogP contribution in [0.2, 0.25) is 5.02 Å². The van der Waals surface area contributed by atoms with Crippen molar-refractivity contribution in [1.29, 1.82) is 0 Å². The number of nitrogens with zero attached hydrogens (tertiary/aromatic N) is 2. The first-order valence-corrected chi connectivity index (χ1v) is 8.69. The number of amides is 1. The summed E-state index contributed by atoms with van der Waals surface area (Å²) in [6.07, 6.45) is 1.63. The van der Waals surface area contributed by atoms with Gasteiger partial charge in [-0.05, 0) is 42.3 Å². The van der Waals surface area contributed by atoms with Crippen molar-refractivity contribution in [2.75, 3.05) is 12.4 Å². The largest absolute Gasteiger partial charge is 0.340 e. The van der Waals surface area contributed by atoms with Crippen LogP contribution in [0.3, 0.4) is 0 Å². The number of hydrogen-bond donors (Lipinski definition) is 1. The van der Waals surface area contributed by atoms with E-state index in [0.29, 0.717) is 22.9 Å². The smallest absolute Gasteiger partial charge is 0.254 e. The molecule has 1 N–H and O–H groups in total. The van der Waals surface area contributed by atoms with Crippen LogP contribution in [0.4, 0.5) is 11.5 Å². The lowest BCUT2D eigenvalue weighted by molar-refractivity contribution is 0.0785. The molecule has 0 atom stereocenters. The van der Waals surface area contributed by atoms with E-state index in [-0.39, 0.29) is 5.91 Å². The molecule has 26 heavy (non-hydrogen) atoms. The summed E-state index contributed by atoms with van der Waals surface area (Å²) in [5, 5.41) is 3.88. The zero-order valence-corrected chi connectivity index (χ0v) is 15.5. The van der Waals surface area contributed by atoms with E-state index in [1.54, 1.807) is 30.3 Å². The summed E-state index contributed by atoms with van der Waals surface area (Å²) in [5.74, 6) is 0.552. The minimum absolute atomic E-state index is 0.0536. The number of pyridine rings is 1. The number of carbonyl (C=O) groups is 1. The van der Waals surface area contributed by atoms with E-state index in [2.05, 4.69) is 10.3 Å². The van der Waals surface area contributed by atoms with Gasteiger partial charge in [0.1, 0.15) is 5.82 Å². The third-order valence-corrected chi connectivity index (χ3v) is 4.31. The number of benzene rings is 2. The van der Waals surface area contributed by atoms with Gasteiger partial charge in [0.05, 0.1) is 0 Å². The molecule has 1 aromatic heterocycles. The highest BCUT2D eigenvalue weighted by Gasteiger charge is 2.13. The Balaban J connectivity index is 1.76. The van der Waals surface area contributed by atoms with Crippen molar-refractivity contribution < 1.29 is 4.79 Å². The number of aromatic nitrogens is 1. The van der Waals surface area contributed by atoms with Gasteiger partial charge in [0.15, 0.2) is 0 Å². The molecule has 132 valence electrons. The van der Waals surface area contributed by atoms with Gasteiger partial charge < -0.3 is 10.2 Å². The number of carbonyl (C=O) groups excluding carboxylic acids is 1. The number of hydrogen-bond acceptors (Lipinski definition) is 3. The summed E-state index contributed by atoms with van der Waals surface area (Å²) in [6.45, 7) is 2.54. The van der Waals surface area contributed by atoms with E-state index in [1.165, 1.54) is 0 Å². The predicted octanol–water partition coefficient (Wildman–Crippen LogP) is 5.06. The van der Waals surface area contributed by atoms with Crippen LogP contribution in [0.25, 0.3) is 0 Å². The molecule has 0 aliphatic carbocycles. The van der Waals surface area contributed by atoms with E-state index in [1.807, 2.05) is 55.5 Å². The Hall–Kier alpha value is -2.85. The molecule has 0 radical (unpaired) electrons. The minimum Gasteiger partial charge on any atom is -0.340 e. The molecule has 3 aromatic rings. The zero-order chi connectivity index (χ0) is 18.5. The molecular weight excluding hydrogens is 346 g/mol. The van der Waals surface area contributed by atoms with Crippen molar-refractivity contribution in [2.45, 2.75) is 13.5 Å². The van der Waals surface area contributed by atoms with Crippen LogP contribution in [0.1, 0.15) is 21.5 Å². The van der Waals surface area contributed by atoms with Gasteiger partial charge in [0, 0.05) is 36.1 Å². The maximum Gasteiger partial charge on any atom is 0.254 e. The summed E-state index contributed by atoms with van der Waals surface area (Å²) < 4.78 is 0. The first kappa shape index (κ1) is 18.0. The standard InChI is InChI=1S/C21H20ClN3O/c1-15-8-9-18(22)13-19(15)24-20-12-17(10-11-23-20)21(26)25(2)14-16-6-4-3-5-7-16/h3-13H,14H2,1-2H3,(H,23,24). The maximum absolute atomic E-state index is 12.7. The molecule has 0 fully saturated rings. The van der Waals surface area contributed by atoms with Crippen molar-refractivity contribution in [3.8, 4) is 0 Å². The highest BCUT2D eigenvalue weighted by Crippen LogP contribution is 2.23. The maximum atomic E-state index is 12.7. The molecule has 0 spiro atoms. The Bertz CT molecular complexity index is 912. The Labute approximate surface area is 158 Å². The van der Waals surface area contributed by atoms with Gasteiger partial charge in [-0.1, -0.05) is 48.0 Å². The molecule has 0 unspecified atom stereocenters. The summed E-state index contributed by atoms with van der Waals surface area (Å²) in [5.41, 5.74) is 3.59. The van der Waals surface area contributed by atoms with Gasteiger partial charge in [-0.15, -0.1) is 0 Å². The molecular formula is C21H20ClN3O. The van der Waals surface area contributed by atoms with E-state index in [9.17, 15) is 4.79 Å². The summed E-state index contributed by atoms with van der Waals surface area (Å²) in [6, 6.07) is 19.0. The average molecular weight is 366 g/mol. The number of halogens is 1. The average Bonchev–Trinajstić information content (AvgIpc) is 2.65. The molecule has 4 nitrogen and oxygen atoms in total. The fourth-order valence-electron chi connectivity index (χ4n) is 2.65. The monoisotopic (exact) mass is 365 g/mol. The molecule has 3 rings (SSSR count). The first-order valence-electron chi connectivity index (χ1n) is 8.31. The van der Waals surface area contributed by atoms with Crippen LogP contribution in [0.15, 0.2) is 66.9 Å². The summed E-state index contributed by atoms with van der Waals surface area (Å²) in [7, 11) is 1.80. The van der Waals surface area contributed by atoms with E-state index in [4.69, 9.17) is 11.6 Å². The quantitative estimate of drug-likeness (QED) is 0.687. The van der Waals surface area contributed by atoms with Crippen molar-refractivity contribution in [3.63, 3.8) is 0 Å². The Morgan fingerprint density at radius 3 is 2.65 bits per heavy atom. The highest BCUT2D eigenvalue weighted by molar-refractivity contribution is 6.30. The van der Waals surface area contributed by atoms with Crippen molar-refractivity contribution >= 4 is 29.0 Å². The zero-order valence-electron chi connectivity index (χ0n) is 14.7. The normalized spacial score (nSPS) is 10.4. The van der Waals surface area contributed by atoms with Crippen LogP contribution >= 0.6 is 11.6 Å². The van der Waals surface area contributed by atoms with E-state index in [0.717, 1.165) is 16.8 Å². The Morgan fingerprint density at radius 2 is 1.88 bits per heavy atom. The fourth-order valence-corrected chi connectivity index (χ4v) is 2.82. The Kier molecular flexibility index (Phi) is 5.54. The lowest BCUT2D eigenvalue weighted by Gasteiger charge is -2.18. The SMILES string of the molecule is Cc1ccc(Cl)cc1Nc1cc(C(=O)N(C)Cc2ccccc2)ccn1. The lowest BCUT2D eigenvalue weighted by Crippen LogP contribution is -2.26. The molecule has 1 heterocycles. The topological polar surface area (TPSA) is 45.2 Å². The first-order chi connectivity index (χ1) is 12.5. The molecule has 5 heteroatoms. The van der Waals surface area contributed by atoms with E-state index >= 15 is 0 Å². The van der Waals surface area contributed by atoms with Crippen molar-refractivity contribution in [1.82, 2.24) is 9.88 Å². The van der Waals surface area contributed by atoms with Gasteiger partial charge in [-0.25, -0.2) is 4.98 Å². The second-order valence-corrected chi connectivity index (χ2v) is 6.60. The van der Waals surface area contributed by atoms with Gasteiger partial charge in [-0.3, -0.25) is 4.79 Å². The van der Waals surface area contributed by atoms with Crippen LogP contribution in [0, 0.1) is 6.92 Å². The number of anilines is 2. The minimum atomic E-state index is -0.0536. The molecule has 1 amide bonds.